The Morgan fingerprint density at radius 1 is 1.41 bits per heavy atom. The van der Waals surface area contributed by atoms with Crippen molar-refractivity contribution in [1.82, 2.24) is 10.2 Å². The first-order valence-electron chi connectivity index (χ1n) is 6.84. The molecule has 0 heterocycles. The largest absolute Gasteiger partial charge is 0.497 e. The Kier molecular flexibility index (Phi) is 8.18. The first kappa shape index (κ1) is 21.0. The lowest BCUT2D eigenvalue weighted by molar-refractivity contribution is -0.123. The van der Waals surface area contributed by atoms with Crippen LogP contribution in [0.5, 0.6) is 5.75 Å². The van der Waals surface area contributed by atoms with Gasteiger partial charge in [0.15, 0.2) is 0 Å². The average molecular weight is 350 g/mol. The Labute approximate surface area is 144 Å². The molecule has 2 rings (SSSR count). The molecule has 126 valence electrons. The van der Waals surface area contributed by atoms with Crippen molar-refractivity contribution in [1.29, 1.82) is 0 Å². The molecule has 0 bridgehead atoms. The second-order valence-corrected chi connectivity index (χ2v) is 5.62. The maximum absolute atomic E-state index is 11.9. The topological polar surface area (TPSA) is 67.6 Å². The number of nitrogens with two attached hydrogens (primary N) is 1. The zero-order chi connectivity index (χ0) is 14.8. The highest BCUT2D eigenvalue weighted by Gasteiger charge is 2.45. The molecular formula is C15H25Cl2N3O2. The van der Waals surface area contributed by atoms with E-state index >= 15 is 0 Å². The van der Waals surface area contributed by atoms with Gasteiger partial charge in [-0.3, -0.25) is 4.79 Å². The minimum absolute atomic E-state index is 0. The highest BCUT2D eigenvalue weighted by molar-refractivity contribution is 5.89. The first-order chi connectivity index (χ1) is 9.46. The molecule has 0 radical (unpaired) electrons. The Hall–Kier alpha value is -1.01. The molecule has 3 N–H and O–H groups in total. The predicted molar refractivity (Wildman–Crippen MR) is 93.1 cm³/mol. The summed E-state index contributed by atoms with van der Waals surface area (Å²) in [5, 5.41) is 2.96. The molecule has 0 saturated heterocycles. The lowest BCUT2D eigenvalue weighted by Crippen LogP contribution is -2.45. The van der Waals surface area contributed by atoms with E-state index in [1.807, 2.05) is 38.4 Å². The summed E-state index contributed by atoms with van der Waals surface area (Å²) in [7, 11) is 5.63. The number of carbonyl (C=O) groups is 1. The molecule has 0 aliphatic heterocycles. The molecule has 1 atom stereocenters. The Morgan fingerprint density at radius 3 is 2.55 bits per heavy atom. The van der Waals surface area contributed by atoms with Crippen LogP contribution < -0.4 is 15.8 Å². The maximum atomic E-state index is 11.9. The van der Waals surface area contributed by atoms with Crippen molar-refractivity contribution in [2.24, 2.45) is 5.73 Å². The number of methoxy groups -OCH3 is 1. The summed E-state index contributed by atoms with van der Waals surface area (Å²) in [4.78, 5) is 14.0. The van der Waals surface area contributed by atoms with Crippen LogP contribution in [0.15, 0.2) is 24.3 Å². The smallest absolute Gasteiger partial charge is 0.240 e. The summed E-state index contributed by atoms with van der Waals surface area (Å²) in [6, 6.07) is 7.99. The standard InChI is InChI=1S/C15H23N3O2.2ClH/c1-18(2)13(10-17-14(19)15(16)7-8-15)11-5-4-6-12(9-11)20-3;;/h4-6,9,13H,7-8,10,16H2,1-3H3,(H,17,19);2*1H. The number of hydrogen-bond donors (Lipinski definition) is 2. The summed E-state index contributed by atoms with van der Waals surface area (Å²) < 4.78 is 5.25. The highest BCUT2D eigenvalue weighted by atomic mass is 35.5. The molecule has 1 fully saturated rings. The lowest BCUT2D eigenvalue weighted by Gasteiger charge is -2.26. The van der Waals surface area contributed by atoms with Crippen molar-refractivity contribution < 1.29 is 9.53 Å². The second kappa shape index (κ2) is 8.58. The summed E-state index contributed by atoms with van der Waals surface area (Å²) >= 11 is 0. The zero-order valence-electron chi connectivity index (χ0n) is 13.2. The number of amides is 1. The maximum Gasteiger partial charge on any atom is 0.240 e. The molecule has 22 heavy (non-hydrogen) atoms. The lowest BCUT2D eigenvalue weighted by atomic mass is 10.1. The molecule has 1 saturated carbocycles. The van der Waals surface area contributed by atoms with Crippen molar-refractivity contribution in [3.05, 3.63) is 29.8 Å². The number of rotatable bonds is 6. The minimum atomic E-state index is -0.620. The number of benzene rings is 1. The van der Waals surface area contributed by atoms with E-state index < -0.39 is 5.54 Å². The SMILES string of the molecule is COc1cccc(C(CNC(=O)C2(N)CC2)N(C)C)c1.Cl.Cl. The van der Waals surface area contributed by atoms with Gasteiger partial charge in [0.1, 0.15) is 5.75 Å². The molecule has 0 spiro atoms. The van der Waals surface area contributed by atoms with Crippen LogP contribution in [-0.4, -0.2) is 44.1 Å². The van der Waals surface area contributed by atoms with Crippen molar-refractivity contribution >= 4 is 30.7 Å². The summed E-state index contributed by atoms with van der Waals surface area (Å²) in [5.41, 5.74) is 6.38. The zero-order valence-corrected chi connectivity index (χ0v) is 14.8. The molecule has 7 heteroatoms. The van der Waals surface area contributed by atoms with E-state index in [9.17, 15) is 4.79 Å². The van der Waals surface area contributed by atoms with E-state index in [1.54, 1.807) is 7.11 Å². The fraction of sp³-hybridized carbons (Fsp3) is 0.533. The molecule has 1 aliphatic rings. The number of nitrogens with zero attached hydrogens (tertiary/aromatic N) is 1. The molecule has 5 nitrogen and oxygen atoms in total. The Bertz CT molecular complexity index is 493. The fourth-order valence-electron chi connectivity index (χ4n) is 2.17. The van der Waals surface area contributed by atoms with E-state index in [4.69, 9.17) is 10.5 Å². The molecule has 1 unspecified atom stereocenters. The van der Waals surface area contributed by atoms with Crippen molar-refractivity contribution in [3.8, 4) is 5.75 Å². The van der Waals surface area contributed by atoms with Gasteiger partial charge in [-0.1, -0.05) is 12.1 Å². The van der Waals surface area contributed by atoms with Gasteiger partial charge in [-0.15, -0.1) is 24.8 Å². The van der Waals surface area contributed by atoms with Crippen LogP contribution in [0.2, 0.25) is 0 Å². The highest BCUT2D eigenvalue weighted by Crippen LogP contribution is 2.32. The monoisotopic (exact) mass is 349 g/mol. The number of nitrogens with one attached hydrogen (secondary N) is 1. The van der Waals surface area contributed by atoms with Crippen molar-refractivity contribution in [2.45, 2.75) is 24.4 Å². The van der Waals surface area contributed by atoms with Crippen LogP contribution >= 0.6 is 24.8 Å². The van der Waals surface area contributed by atoms with E-state index in [-0.39, 0.29) is 36.8 Å². The fourth-order valence-corrected chi connectivity index (χ4v) is 2.17. The summed E-state index contributed by atoms with van der Waals surface area (Å²) in [5.74, 6) is 0.769. The molecule has 0 aromatic heterocycles. The number of likely N-dealkylation sites (N-methyl/N-ethyl adjacent to an activating group) is 1. The number of ether oxygens (including phenoxy) is 1. The average Bonchev–Trinajstić information content (AvgIpc) is 3.18. The quantitative estimate of drug-likeness (QED) is 0.820. The normalized spacial score (nSPS) is 16.0. The molecule has 1 aliphatic carbocycles. The predicted octanol–water partition coefficient (Wildman–Crippen LogP) is 1.75. The number of hydrogen-bond acceptors (Lipinski definition) is 4. The van der Waals surface area contributed by atoms with Gasteiger partial charge in [0.05, 0.1) is 18.7 Å². The van der Waals surface area contributed by atoms with Crippen LogP contribution in [-0.2, 0) is 4.79 Å². The van der Waals surface area contributed by atoms with E-state index in [0.29, 0.717) is 6.54 Å². The van der Waals surface area contributed by atoms with Gasteiger partial charge in [0.25, 0.3) is 0 Å². The van der Waals surface area contributed by atoms with Gasteiger partial charge >= 0.3 is 0 Å². The van der Waals surface area contributed by atoms with Crippen molar-refractivity contribution in [2.75, 3.05) is 27.7 Å². The molecule has 1 aromatic rings. The number of halogens is 2. The second-order valence-electron chi connectivity index (χ2n) is 5.62. The van der Waals surface area contributed by atoms with Gasteiger partial charge in [-0.25, -0.2) is 0 Å². The van der Waals surface area contributed by atoms with Gasteiger partial charge in [0, 0.05) is 6.54 Å². The Balaban J connectivity index is 0.00000220. The van der Waals surface area contributed by atoms with Gasteiger partial charge < -0.3 is 20.7 Å². The van der Waals surface area contributed by atoms with Crippen LogP contribution in [0.25, 0.3) is 0 Å². The van der Waals surface area contributed by atoms with Gasteiger partial charge in [-0.2, -0.15) is 0 Å². The summed E-state index contributed by atoms with van der Waals surface area (Å²) in [6.45, 7) is 0.540. The van der Waals surface area contributed by atoms with Gasteiger partial charge in [-0.05, 0) is 44.6 Å². The third kappa shape index (κ3) is 5.02. The van der Waals surface area contributed by atoms with Crippen molar-refractivity contribution in [3.63, 3.8) is 0 Å². The van der Waals surface area contributed by atoms with Crippen LogP contribution in [0, 0.1) is 0 Å². The third-order valence-electron chi connectivity index (χ3n) is 3.80. The molecule has 1 aromatic carbocycles. The van der Waals surface area contributed by atoms with Gasteiger partial charge in [0.2, 0.25) is 5.91 Å². The van der Waals surface area contributed by atoms with Crippen LogP contribution in [0.1, 0.15) is 24.4 Å². The van der Waals surface area contributed by atoms with Crippen LogP contribution in [0.4, 0.5) is 0 Å². The molecule has 1 amide bonds. The van der Waals surface area contributed by atoms with E-state index in [0.717, 1.165) is 24.2 Å². The number of carbonyl (C=O) groups excluding carboxylic acids is 1. The van der Waals surface area contributed by atoms with Crippen LogP contribution in [0.3, 0.4) is 0 Å². The first-order valence-corrected chi connectivity index (χ1v) is 6.84. The third-order valence-corrected chi connectivity index (χ3v) is 3.80. The minimum Gasteiger partial charge on any atom is -0.497 e. The van der Waals surface area contributed by atoms with E-state index in [1.165, 1.54) is 0 Å². The summed E-state index contributed by atoms with van der Waals surface area (Å²) in [6.07, 6.45) is 1.56. The Morgan fingerprint density at radius 2 is 2.05 bits per heavy atom. The molecular weight excluding hydrogens is 325 g/mol. The van der Waals surface area contributed by atoms with E-state index in [2.05, 4.69) is 10.2 Å².